The van der Waals surface area contributed by atoms with Gasteiger partial charge in [0.1, 0.15) is 0 Å². The van der Waals surface area contributed by atoms with Crippen molar-refractivity contribution >= 4 is 11.3 Å². The van der Waals surface area contributed by atoms with Crippen molar-refractivity contribution in [1.82, 2.24) is 0 Å². The molecule has 1 aromatic carbocycles. The first-order chi connectivity index (χ1) is 5.72. The second-order valence-electron chi connectivity index (χ2n) is 2.37. The van der Waals surface area contributed by atoms with Gasteiger partial charge in [0.15, 0.2) is 0 Å². The molecule has 0 aliphatic rings. The fourth-order valence-corrected chi connectivity index (χ4v) is 0.886. The monoisotopic (exact) mass is 163 g/mol. The molecule has 0 aromatic heterocycles. The van der Waals surface area contributed by atoms with Gasteiger partial charge in [0, 0.05) is 5.69 Å². The van der Waals surface area contributed by atoms with Crippen molar-refractivity contribution < 1.29 is 0 Å². The Morgan fingerprint density at radius 1 is 1.25 bits per heavy atom. The zero-order valence-electron chi connectivity index (χ0n) is 8.09. The molecule has 0 heterocycles. The first kappa shape index (κ1) is 10.8. The fraction of sp³-hybridized carbons (Fsp3) is 0.273. The van der Waals surface area contributed by atoms with Crippen LogP contribution < -0.4 is 5.73 Å². The topological polar surface area (TPSA) is 26.0 Å². The zero-order valence-corrected chi connectivity index (χ0v) is 8.09. The smallest absolute Gasteiger partial charge is 0.0390 e. The minimum atomic E-state index is 0.801. The zero-order chi connectivity index (χ0) is 9.56. The molecule has 0 amide bonds. The molecular weight excluding hydrogens is 146 g/mol. The summed E-state index contributed by atoms with van der Waals surface area (Å²) in [4.78, 5) is 0. The number of anilines is 1. The molecule has 1 heteroatoms. The summed E-state index contributed by atoms with van der Waals surface area (Å²) in [5.74, 6) is 0. The largest absolute Gasteiger partial charge is 0.398 e. The van der Waals surface area contributed by atoms with Crippen LogP contribution in [-0.2, 0) is 0 Å². The van der Waals surface area contributed by atoms with Crippen LogP contribution in [0.25, 0.3) is 5.57 Å². The predicted octanol–water partition coefficient (Wildman–Crippen LogP) is 3.33. The predicted molar refractivity (Wildman–Crippen MR) is 56.9 cm³/mol. The first-order valence-electron chi connectivity index (χ1n) is 4.22. The van der Waals surface area contributed by atoms with Gasteiger partial charge in [-0.2, -0.15) is 0 Å². The number of rotatable bonds is 1. The lowest BCUT2D eigenvalue weighted by Gasteiger charge is -2.01. The van der Waals surface area contributed by atoms with E-state index in [1.165, 1.54) is 0 Å². The van der Waals surface area contributed by atoms with Crippen molar-refractivity contribution in [1.29, 1.82) is 0 Å². The Morgan fingerprint density at radius 3 is 2.08 bits per heavy atom. The van der Waals surface area contributed by atoms with Gasteiger partial charge in [-0.25, -0.2) is 0 Å². The Balaban J connectivity index is 0.000000561. The van der Waals surface area contributed by atoms with Crippen molar-refractivity contribution in [3.8, 4) is 0 Å². The summed E-state index contributed by atoms with van der Waals surface area (Å²) in [5, 5.41) is 0. The molecular formula is C11H17N. The van der Waals surface area contributed by atoms with Crippen molar-refractivity contribution in [2.45, 2.75) is 20.8 Å². The van der Waals surface area contributed by atoms with E-state index in [4.69, 9.17) is 5.73 Å². The van der Waals surface area contributed by atoms with Crippen LogP contribution in [0.2, 0.25) is 0 Å². The summed E-state index contributed by atoms with van der Waals surface area (Å²) < 4.78 is 0. The van der Waals surface area contributed by atoms with Crippen LogP contribution >= 0.6 is 0 Å². The van der Waals surface area contributed by atoms with E-state index in [0.29, 0.717) is 0 Å². The maximum Gasteiger partial charge on any atom is 0.0390 e. The van der Waals surface area contributed by atoms with Crippen LogP contribution in [0.1, 0.15) is 26.3 Å². The van der Waals surface area contributed by atoms with Crippen LogP contribution in [0.3, 0.4) is 0 Å². The normalized spacial score (nSPS) is 8.25. The Labute approximate surface area is 74.9 Å². The van der Waals surface area contributed by atoms with Gasteiger partial charge >= 0.3 is 0 Å². The van der Waals surface area contributed by atoms with Crippen molar-refractivity contribution in [2.24, 2.45) is 0 Å². The third kappa shape index (κ3) is 2.79. The molecule has 0 aliphatic heterocycles. The van der Waals surface area contributed by atoms with E-state index in [-0.39, 0.29) is 0 Å². The third-order valence-corrected chi connectivity index (χ3v) is 1.42. The molecule has 0 fully saturated rings. The SMILES string of the molecule is C=C(C)c1ccccc1N.CC. The molecule has 0 atom stereocenters. The van der Waals surface area contributed by atoms with E-state index < -0.39 is 0 Å². The Morgan fingerprint density at radius 2 is 1.75 bits per heavy atom. The Hall–Kier alpha value is -1.24. The number of benzene rings is 1. The van der Waals surface area contributed by atoms with Gasteiger partial charge in [-0.05, 0) is 24.1 Å². The molecule has 1 aromatic rings. The quantitative estimate of drug-likeness (QED) is 0.631. The lowest BCUT2D eigenvalue weighted by molar-refractivity contribution is 1.50. The van der Waals surface area contributed by atoms with E-state index in [0.717, 1.165) is 16.8 Å². The van der Waals surface area contributed by atoms with E-state index >= 15 is 0 Å². The Bertz CT molecular complexity index is 251. The summed E-state index contributed by atoms with van der Waals surface area (Å²) in [6, 6.07) is 7.73. The average molecular weight is 163 g/mol. The highest BCUT2D eigenvalue weighted by Gasteiger charge is 1.94. The van der Waals surface area contributed by atoms with Crippen LogP contribution in [0.4, 0.5) is 5.69 Å². The van der Waals surface area contributed by atoms with Crippen LogP contribution in [0.15, 0.2) is 30.8 Å². The molecule has 2 N–H and O–H groups in total. The summed E-state index contributed by atoms with van der Waals surface area (Å²) in [6.07, 6.45) is 0. The van der Waals surface area contributed by atoms with Crippen LogP contribution in [0, 0.1) is 0 Å². The van der Waals surface area contributed by atoms with E-state index in [9.17, 15) is 0 Å². The van der Waals surface area contributed by atoms with Crippen molar-refractivity contribution in [3.05, 3.63) is 36.4 Å². The summed E-state index contributed by atoms with van der Waals surface area (Å²) >= 11 is 0. The molecule has 0 aliphatic carbocycles. The summed E-state index contributed by atoms with van der Waals surface area (Å²) in [5.41, 5.74) is 8.52. The molecule has 0 spiro atoms. The highest BCUT2D eigenvalue weighted by molar-refractivity contribution is 5.71. The van der Waals surface area contributed by atoms with Crippen molar-refractivity contribution in [2.75, 3.05) is 5.73 Å². The molecule has 1 nitrogen and oxygen atoms in total. The molecule has 12 heavy (non-hydrogen) atoms. The average Bonchev–Trinajstić information content (AvgIpc) is 2.08. The van der Waals surface area contributed by atoms with Crippen LogP contribution in [0.5, 0.6) is 0 Å². The molecule has 0 bridgehead atoms. The maximum absolute atomic E-state index is 5.66. The molecule has 0 saturated carbocycles. The number of allylic oxidation sites excluding steroid dienone is 1. The second kappa shape index (κ2) is 5.42. The molecule has 0 unspecified atom stereocenters. The molecule has 0 saturated heterocycles. The van der Waals surface area contributed by atoms with Gasteiger partial charge < -0.3 is 5.73 Å². The van der Waals surface area contributed by atoms with E-state index in [2.05, 4.69) is 6.58 Å². The first-order valence-corrected chi connectivity index (χ1v) is 4.22. The van der Waals surface area contributed by atoms with Crippen molar-refractivity contribution in [3.63, 3.8) is 0 Å². The van der Waals surface area contributed by atoms with E-state index in [1.807, 2.05) is 45.0 Å². The number of hydrogen-bond acceptors (Lipinski definition) is 1. The highest BCUT2D eigenvalue weighted by atomic mass is 14.6. The number of nitrogens with two attached hydrogens (primary N) is 1. The minimum Gasteiger partial charge on any atom is -0.398 e. The second-order valence-corrected chi connectivity index (χ2v) is 2.37. The summed E-state index contributed by atoms with van der Waals surface area (Å²) in [6.45, 7) is 9.76. The van der Waals surface area contributed by atoms with Gasteiger partial charge in [-0.15, -0.1) is 0 Å². The number of nitrogen functional groups attached to an aromatic ring is 1. The van der Waals surface area contributed by atoms with Gasteiger partial charge in [0.2, 0.25) is 0 Å². The maximum atomic E-state index is 5.66. The standard InChI is InChI=1S/C9H11N.C2H6/c1-7(2)8-5-3-4-6-9(8)10;1-2/h3-6H,1,10H2,2H3;1-2H3. The van der Waals surface area contributed by atoms with Gasteiger partial charge in [-0.3, -0.25) is 0 Å². The van der Waals surface area contributed by atoms with Gasteiger partial charge in [0.25, 0.3) is 0 Å². The Kier molecular flexibility index (Phi) is 4.86. The molecule has 66 valence electrons. The van der Waals surface area contributed by atoms with Gasteiger partial charge in [0.05, 0.1) is 0 Å². The third-order valence-electron chi connectivity index (χ3n) is 1.42. The highest BCUT2D eigenvalue weighted by Crippen LogP contribution is 2.17. The molecule has 1 rings (SSSR count). The summed E-state index contributed by atoms with van der Waals surface area (Å²) in [7, 11) is 0. The minimum absolute atomic E-state index is 0.801. The fourth-order valence-electron chi connectivity index (χ4n) is 0.886. The lowest BCUT2D eigenvalue weighted by Crippen LogP contribution is -1.89. The number of para-hydroxylation sites is 1. The lowest BCUT2D eigenvalue weighted by atomic mass is 10.1. The van der Waals surface area contributed by atoms with Crippen LogP contribution in [-0.4, -0.2) is 0 Å². The molecule has 0 radical (unpaired) electrons. The number of hydrogen-bond donors (Lipinski definition) is 1. The van der Waals surface area contributed by atoms with Gasteiger partial charge in [-0.1, -0.05) is 38.6 Å². The van der Waals surface area contributed by atoms with E-state index in [1.54, 1.807) is 0 Å².